The van der Waals surface area contributed by atoms with Gasteiger partial charge in [-0.2, -0.15) is 0 Å². The second-order valence-corrected chi connectivity index (χ2v) is 4.98. The first-order chi connectivity index (χ1) is 9.54. The van der Waals surface area contributed by atoms with Gasteiger partial charge in [0.1, 0.15) is 0 Å². The molecule has 1 aromatic carbocycles. The minimum absolute atomic E-state index is 0. The van der Waals surface area contributed by atoms with Gasteiger partial charge in [0.25, 0.3) is 6.43 Å². The van der Waals surface area contributed by atoms with Crippen LogP contribution >= 0.6 is 0 Å². The number of amides is 1. The normalized spacial score (nSPS) is 18.5. The van der Waals surface area contributed by atoms with E-state index in [2.05, 4.69) is 6.08 Å². The molecule has 1 unspecified atom stereocenters. The van der Waals surface area contributed by atoms with Crippen LogP contribution in [-0.2, 0) is 43.9 Å². The number of rotatable bonds is 4. The van der Waals surface area contributed by atoms with E-state index < -0.39 is 13.0 Å². The van der Waals surface area contributed by atoms with Gasteiger partial charge in [-0.25, -0.2) is 14.9 Å². The first kappa shape index (κ1) is 18.4. The molecule has 2 rings (SSSR count). The van der Waals surface area contributed by atoms with Gasteiger partial charge in [-0.15, -0.1) is 22.9 Å². The summed E-state index contributed by atoms with van der Waals surface area (Å²) in [5.41, 5.74) is 2.37. The molecule has 111 valence electrons. The fourth-order valence-electron chi connectivity index (χ4n) is 2.43. The number of hydrogen-bond acceptors (Lipinski definition) is 1. The topological polar surface area (TPSA) is 20.3 Å². The SMILES string of the molecule is CCc1ccccc1C1=[C-]CC(C)C(=O)N1CC(F)F.[Y]. The maximum atomic E-state index is 12.8. The third-order valence-electron chi connectivity index (χ3n) is 3.51. The standard InChI is InChI=1S/C16H18F2NO.Y/c1-3-12-6-4-5-7-13(12)14-9-8-11(2)16(20)19(14)10-15(17)18;/h4-7,11,15H,3,8,10H2,1-2H3;/q-1;. The number of nitrogens with zero attached hydrogens (tertiary/aromatic N) is 1. The van der Waals surface area contributed by atoms with Crippen LogP contribution in [0, 0.1) is 12.0 Å². The Kier molecular flexibility index (Phi) is 7.15. The maximum absolute atomic E-state index is 12.8. The van der Waals surface area contributed by atoms with E-state index in [1.165, 1.54) is 4.90 Å². The van der Waals surface area contributed by atoms with E-state index in [0.717, 1.165) is 17.5 Å². The predicted octanol–water partition coefficient (Wildman–Crippen LogP) is 3.52. The van der Waals surface area contributed by atoms with E-state index >= 15 is 0 Å². The number of benzene rings is 1. The van der Waals surface area contributed by atoms with Crippen LogP contribution in [0.25, 0.3) is 5.70 Å². The number of carbonyl (C=O) groups is 1. The number of carbonyl (C=O) groups excluding carboxylic acids is 1. The molecule has 0 aliphatic carbocycles. The molecule has 0 saturated heterocycles. The fourth-order valence-corrected chi connectivity index (χ4v) is 2.43. The largest absolute Gasteiger partial charge is 0.341 e. The van der Waals surface area contributed by atoms with Crippen LogP contribution < -0.4 is 0 Å². The van der Waals surface area contributed by atoms with Crippen LogP contribution in [0.15, 0.2) is 24.3 Å². The number of hydrogen-bond donors (Lipinski definition) is 0. The Labute approximate surface area is 149 Å². The molecule has 21 heavy (non-hydrogen) atoms. The molecule has 1 aromatic rings. The summed E-state index contributed by atoms with van der Waals surface area (Å²) in [5, 5.41) is 0. The Morgan fingerprint density at radius 2 is 2.05 bits per heavy atom. The van der Waals surface area contributed by atoms with Gasteiger partial charge < -0.3 is 4.90 Å². The number of aryl methyl sites for hydroxylation is 1. The molecule has 1 heterocycles. The van der Waals surface area contributed by atoms with Crippen molar-refractivity contribution >= 4 is 11.6 Å². The first-order valence-corrected chi connectivity index (χ1v) is 6.83. The average Bonchev–Trinajstić information content (AvgIpc) is 2.44. The zero-order valence-corrected chi connectivity index (χ0v) is 15.1. The molecule has 5 heteroatoms. The van der Waals surface area contributed by atoms with Crippen LogP contribution in [-0.4, -0.2) is 23.8 Å². The Morgan fingerprint density at radius 1 is 1.38 bits per heavy atom. The molecular formula is C16H18F2NOY-. The molecule has 0 fully saturated rings. The summed E-state index contributed by atoms with van der Waals surface area (Å²) in [7, 11) is 0. The quantitative estimate of drug-likeness (QED) is 0.746. The first-order valence-electron chi connectivity index (χ1n) is 6.83. The molecule has 1 atom stereocenters. The summed E-state index contributed by atoms with van der Waals surface area (Å²) < 4.78 is 25.5. The van der Waals surface area contributed by atoms with Crippen molar-refractivity contribution in [2.45, 2.75) is 33.1 Å². The summed E-state index contributed by atoms with van der Waals surface area (Å²) in [6.45, 7) is 3.18. The summed E-state index contributed by atoms with van der Waals surface area (Å²) >= 11 is 0. The fraction of sp³-hybridized carbons (Fsp3) is 0.438. The summed E-state index contributed by atoms with van der Waals surface area (Å²) in [4.78, 5) is 13.4. The Morgan fingerprint density at radius 3 is 2.67 bits per heavy atom. The van der Waals surface area contributed by atoms with Crippen LogP contribution in [0.4, 0.5) is 8.78 Å². The van der Waals surface area contributed by atoms with Gasteiger partial charge in [0, 0.05) is 38.6 Å². The zero-order valence-electron chi connectivity index (χ0n) is 12.3. The van der Waals surface area contributed by atoms with Crippen LogP contribution in [0.2, 0.25) is 0 Å². The molecule has 0 spiro atoms. The average molecular weight is 367 g/mol. The van der Waals surface area contributed by atoms with Crippen LogP contribution in [0.5, 0.6) is 0 Å². The van der Waals surface area contributed by atoms with Crippen molar-refractivity contribution < 1.29 is 46.3 Å². The molecular weight excluding hydrogens is 349 g/mol. The monoisotopic (exact) mass is 367 g/mol. The van der Waals surface area contributed by atoms with E-state index in [9.17, 15) is 13.6 Å². The Hall–Kier alpha value is -0.606. The van der Waals surface area contributed by atoms with Gasteiger partial charge in [-0.05, 0) is 6.42 Å². The van der Waals surface area contributed by atoms with E-state index in [4.69, 9.17) is 0 Å². The zero-order chi connectivity index (χ0) is 14.7. The molecule has 1 radical (unpaired) electrons. The van der Waals surface area contributed by atoms with E-state index in [1.807, 2.05) is 31.2 Å². The molecule has 0 aromatic heterocycles. The van der Waals surface area contributed by atoms with Crippen molar-refractivity contribution in [2.24, 2.45) is 5.92 Å². The molecule has 0 bridgehead atoms. The number of alkyl halides is 2. The van der Waals surface area contributed by atoms with Gasteiger partial charge >= 0.3 is 0 Å². The van der Waals surface area contributed by atoms with Gasteiger partial charge in [-0.3, -0.25) is 4.79 Å². The van der Waals surface area contributed by atoms with Crippen LogP contribution in [0.3, 0.4) is 0 Å². The minimum Gasteiger partial charge on any atom is -0.341 e. The third-order valence-corrected chi connectivity index (χ3v) is 3.51. The van der Waals surface area contributed by atoms with Gasteiger partial charge in [-0.1, -0.05) is 38.5 Å². The number of allylic oxidation sites excluding steroid dienone is 1. The molecule has 2 nitrogen and oxygen atoms in total. The maximum Gasteiger partial charge on any atom is 0.256 e. The molecule has 0 N–H and O–H groups in total. The third kappa shape index (κ3) is 4.20. The van der Waals surface area contributed by atoms with Crippen molar-refractivity contribution in [1.82, 2.24) is 4.90 Å². The predicted molar refractivity (Wildman–Crippen MR) is 74.0 cm³/mol. The second kappa shape index (κ2) is 8.14. The van der Waals surface area contributed by atoms with Crippen LogP contribution in [0.1, 0.15) is 31.4 Å². The van der Waals surface area contributed by atoms with Gasteiger partial charge in [0.05, 0.1) is 6.54 Å². The molecule has 0 saturated carbocycles. The van der Waals surface area contributed by atoms with E-state index in [1.54, 1.807) is 6.92 Å². The number of halogens is 2. The molecule has 1 amide bonds. The van der Waals surface area contributed by atoms with Crippen molar-refractivity contribution in [3.8, 4) is 0 Å². The van der Waals surface area contributed by atoms with E-state index in [-0.39, 0.29) is 44.5 Å². The van der Waals surface area contributed by atoms with Crippen molar-refractivity contribution in [2.75, 3.05) is 6.54 Å². The van der Waals surface area contributed by atoms with Crippen molar-refractivity contribution in [1.29, 1.82) is 0 Å². The molecule has 1 aliphatic rings. The van der Waals surface area contributed by atoms with Gasteiger partial charge in [0.2, 0.25) is 5.91 Å². The smallest absolute Gasteiger partial charge is 0.256 e. The van der Waals surface area contributed by atoms with Crippen molar-refractivity contribution in [3.05, 3.63) is 41.5 Å². The summed E-state index contributed by atoms with van der Waals surface area (Å²) in [5.74, 6) is -0.531. The summed E-state index contributed by atoms with van der Waals surface area (Å²) in [6.07, 6.45) is 1.85. The minimum atomic E-state index is -2.55. The van der Waals surface area contributed by atoms with Gasteiger partial charge in [0.15, 0.2) is 0 Å². The van der Waals surface area contributed by atoms with Crippen molar-refractivity contribution in [3.63, 3.8) is 0 Å². The Bertz CT molecular complexity index is 531. The van der Waals surface area contributed by atoms with E-state index in [0.29, 0.717) is 12.1 Å². The second-order valence-electron chi connectivity index (χ2n) is 4.98. The summed E-state index contributed by atoms with van der Waals surface area (Å²) in [6, 6.07) is 7.58. The molecule has 1 aliphatic heterocycles. The Balaban J connectivity index is 0.00000220.